The van der Waals surface area contributed by atoms with Crippen LogP contribution in [0.3, 0.4) is 0 Å². The van der Waals surface area contributed by atoms with Gasteiger partial charge < -0.3 is 14.0 Å². The summed E-state index contributed by atoms with van der Waals surface area (Å²) in [6.45, 7) is 0.275. The second-order valence-electron chi connectivity index (χ2n) is 8.38. The summed E-state index contributed by atoms with van der Waals surface area (Å²) in [7, 11) is 1.35. The van der Waals surface area contributed by atoms with E-state index in [1.165, 1.54) is 7.11 Å². The Morgan fingerprint density at radius 3 is 2.39 bits per heavy atom. The largest absolute Gasteiger partial charge is 0.489 e. The molecule has 36 heavy (non-hydrogen) atoms. The molecule has 1 heterocycles. The molecule has 4 aromatic rings. The van der Waals surface area contributed by atoms with E-state index < -0.39 is 5.97 Å². The molecular formula is C29H21Cl2NO4. The van der Waals surface area contributed by atoms with Gasteiger partial charge in [0, 0.05) is 22.6 Å². The molecule has 7 heteroatoms. The lowest BCUT2D eigenvalue weighted by Gasteiger charge is -2.09. The Balaban J connectivity index is 1.32. The molecule has 3 aromatic carbocycles. The average Bonchev–Trinajstić information content (AvgIpc) is 3.66. The Morgan fingerprint density at radius 2 is 1.69 bits per heavy atom. The Labute approximate surface area is 218 Å². The van der Waals surface area contributed by atoms with Crippen molar-refractivity contribution in [3.63, 3.8) is 0 Å². The van der Waals surface area contributed by atoms with Gasteiger partial charge in [0.05, 0.1) is 28.3 Å². The molecule has 0 bridgehead atoms. The fraction of sp³-hybridized carbons (Fsp3) is 0.172. The molecule has 0 N–H and O–H groups in total. The molecular weight excluding hydrogens is 497 g/mol. The number of methoxy groups -OCH3 is 1. The van der Waals surface area contributed by atoms with Crippen LogP contribution >= 0.6 is 23.2 Å². The van der Waals surface area contributed by atoms with Crippen LogP contribution in [0.15, 0.2) is 71.3 Å². The first kappa shape index (κ1) is 24.0. The second kappa shape index (κ2) is 10.5. The van der Waals surface area contributed by atoms with Crippen molar-refractivity contribution in [1.29, 1.82) is 0 Å². The topological polar surface area (TPSA) is 61.6 Å². The summed E-state index contributed by atoms with van der Waals surface area (Å²) in [6.07, 6.45) is 2.13. The number of halogens is 2. The fourth-order valence-electron chi connectivity index (χ4n) is 3.82. The third-order valence-electron chi connectivity index (χ3n) is 5.84. The minimum Gasteiger partial charge on any atom is -0.489 e. The molecule has 0 unspecified atom stereocenters. The quantitative estimate of drug-likeness (QED) is 0.198. The molecule has 5 rings (SSSR count). The van der Waals surface area contributed by atoms with Gasteiger partial charge >= 0.3 is 5.97 Å². The van der Waals surface area contributed by atoms with Crippen LogP contribution in [0.2, 0.25) is 10.0 Å². The van der Waals surface area contributed by atoms with Gasteiger partial charge in [-0.1, -0.05) is 52.3 Å². The van der Waals surface area contributed by atoms with Crippen molar-refractivity contribution in [1.82, 2.24) is 5.16 Å². The van der Waals surface area contributed by atoms with E-state index in [1.807, 2.05) is 30.3 Å². The molecule has 180 valence electrons. The van der Waals surface area contributed by atoms with Crippen LogP contribution in [0.25, 0.3) is 11.3 Å². The molecule has 0 saturated heterocycles. The maximum absolute atomic E-state index is 11.7. The molecule has 1 fully saturated rings. The molecule has 0 radical (unpaired) electrons. The van der Waals surface area contributed by atoms with E-state index in [0.29, 0.717) is 38.5 Å². The lowest BCUT2D eigenvalue weighted by atomic mass is 10.0. The van der Waals surface area contributed by atoms with Crippen LogP contribution in [0, 0.1) is 11.8 Å². The van der Waals surface area contributed by atoms with Crippen LogP contribution in [-0.4, -0.2) is 18.2 Å². The zero-order valence-corrected chi connectivity index (χ0v) is 20.9. The molecule has 1 aliphatic carbocycles. The first-order chi connectivity index (χ1) is 17.5. The van der Waals surface area contributed by atoms with Crippen LogP contribution in [0.4, 0.5) is 0 Å². The molecule has 1 aromatic heterocycles. The fourth-order valence-corrected chi connectivity index (χ4v) is 4.40. The van der Waals surface area contributed by atoms with Gasteiger partial charge in [-0.25, -0.2) is 4.79 Å². The highest BCUT2D eigenvalue weighted by molar-refractivity contribution is 6.39. The number of hydrogen-bond acceptors (Lipinski definition) is 5. The number of ether oxygens (including phenoxy) is 2. The third-order valence-corrected chi connectivity index (χ3v) is 6.47. The summed E-state index contributed by atoms with van der Waals surface area (Å²) in [5.41, 5.74) is 4.13. The Kier molecular flexibility index (Phi) is 6.99. The maximum Gasteiger partial charge on any atom is 0.337 e. The first-order valence-electron chi connectivity index (χ1n) is 11.4. The summed E-state index contributed by atoms with van der Waals surface area (Å²) >= 11 is 12.9. The number of carbonyl (C=O) groups excluding carboxylic acids is 1. The summed E-state index contributed by atoms with van der Waals surface area (Å²) in [4.78, 5) is 11.7. The number of carbonyl (C=O) groups is 1. The Hall–Kier alpha value is -3.72. The van der Waals surface area contributed by atoms with Crippen LogP contribution in [0.5, 0.6) is 5.75 Å². The summed E-state index contributed by atoms with van der Waals surface area (Å²) in [6, 6.07) is 19.9. The number of benzene rings is 3. The van der Waals surface area contributed by atoms with E-state index in [0.717, 1.165) is 35.3 Å². The number of rotatable bonds is 6. The van der Waals surface area contributed by atoms with Crippen LogP contribution < -0.4 is 4.74 Å². The lowest BCUT2D eigenvalue weighted by Crippen LogP contribution is -2.00. The van der Waals surface area contributed by atoms with Crippen molar-refractivity contribution in [2.45, 2.75) is 25.4 Å². The van der Waals surface area contributed by atoms with E-state index in [-0.39, 0.29) is 6.61 Å². The minimum absolute atomic E-state index is 0.275. The van der Waals surface area contributed by atoms with Crippen molar-refractivity contribution >= 4 is 29.2 Å². The van der Waals surface area contributed by atoms with Crippen molar-refractivity contribution < 1.29 is 18.8 Å². The van der Waals surface area contributed by atoms with Crippen molar-refractivity contribution in [3.8, 4) is 28.8 Å². The van der Waals surface area contributed by atoms with Gasteiger partial charge in [0.25, 0.3) is 0 Å². The monoisotopic (exact) mass is 517 g/mol. The van der Waals surface area contributed by atoms with E-state index in [1.54, 1.807) is 36.4 Å². The highest BCUT2D eigenvalue weighted by Crippen LogP contribution is 2.46. The van der Waals surface area contributed by atoms with Gasteiger partial charge in [0.1, 0.15) is 23.8 Å². The molecule has 0 aliphatic heterocycles. The Morgan fingerprint density at radius 1 is 1.00 bits per heavy atom. The van der Waals surface area contributed by atoms with E-state index in [9.17, 15) is 4.79 Å². The molecule has 1 aliphatic rings. The number of aromatic nitrogens is 1. The third kappa shape index (κ3) is 5.26. The molecule has 0 spiro atoms. The average molecular weight is 518 g/mol. The number of hydrogen-bond donors (Lipinski definition) is 0. The van der Waals surface area contributed by atoms with E-state index in [2.05, 4.69) is 17.0 Å². The minimum atomic E-state index is -0.391. The molecule has 0 amide bonds. The van der Waals surface area contributed by atoms with Gasteiger partial charge in [-0.3, -0.25) is 0 Å². The normalized spacial score (nSPS) is 12.5. The highest BCUT2D eigenvalue weighted by atomic mass is 35.5. The van der Waals surface area contributed by atoms with E-state index >= 15 is 0 Å². The zero-order chi connectivity index (χ0) is 25.1. The van der Waals surface area contributed by atoms with Crippen molar-refractivity contribution in [2.24, 2.45) is 0 Å². The summed E-state index contributed by atoms with van der Waals surface area (Å²) in [5, 5.41) is 5.33. The molecule has 1 saturated carbocycles. The predicted molar refractivity (Wildman–Crippen MR) is 138 cm³/mol. The van der Waals surface area contributed by atoms with Gasteiger partial charge in [-0.15, -0.1) is 0 Å². The van der Waals surface area contributed by atoms with Crippen molar-refractivity contribution in [3.05, 3.63) is 105 Å². The number of esters is 1. The standard InChI is InChI=1S/C29H21Cl2NO4/c1-34-29(33)21-5-2-4-19(16-21)9-8-18-10-14-22(15-11-18)35-17-23-27(32-36-28(23)20-12-13-20)26-24(30)6-3-7-25(26)31/h2-7,10-11,14-16,20H,12-13,17H2,1H3. The van der Waals surface area contributed by atoms with Crippen LogP contribution in [-0.2, 0) is 11.3 Å². The van der Waals surface area contributed by atoms with E-state index in [4.69, 9.17) is 37.2 Å². The zero-order valence-electron chi connectivity index (χ0n) is 19.4. The smallest absolute Gasteiger partial charge is 0.337 e. The molecule has 0 atom stereocenters. The summed E-state index contributed by atoms with van der Waals surface area (Å²) in [5.74, 6) is 7.65. The lowest BCUT2D eigenvalue weighted by molar-refractivity contribution is 0.0600. The SMILES string of the molecule is COC(=O)c1cccc(C#Cc2ccc(OCc3c(-c4c(Cl)cccc4Cl)noc3C3CC3)cc2)c1. The maximum atomic E-state index is 11.7. The predicted octanol–water partition coefficient (Wildman–Crippen LogP) is 7.29. The second-order valence-corrected chi connectivity index (χ2v) is 9.19. The van der Waals surface area contributed by atoms with Gasteiger partial charge in [0.2, 0.25) is 0 Å². The van der Waals surface area contributed by atoms with Crippen LogP contribution in [0.1, 0.15) is 51.6 Å². The van der Waals surface area contributed by atoms with Crippen molar-refractivity contribution in [2.75, 3.05) is 7.11 Å². The molecule has 5 nitrogen and oxygen atoms in total. The first-order valence-corrected chi connectivity index (χ1v) is 12.1. The van der Waals surface area contributed by atoms with Gasteiger partial charge in [-0.2, -0.15) is 0 Å². The summed E-state index contributed by atoms with van der Waals surface area (Å²) < 4.78 is 16.6. The number of nitrogens with zero attached hydrogens (tertiary/aromatic N) is 1. The van der Waals surface area contributed by atoms with Gasteiger partial charge in [-0.05, 0) is 67.4 Å². The van der Waals surface area contributed by atoms with Gasteiger partial charge in [0.15, 0.2) is 0 Å². The Bertz CT molecular complexity index is 1460. The highest BCUT2D eigenvalue weighted by Gasteiger charge is 2.33.